The van der Waals surface area contributed by atoms with Gasteiger partial charge in [-0.1, -0.05) is 36.8 Å². The highest BCUT2D eigenvalue weighted by Crippen LogP contribution is 2.59. The number of benzene rings is 1. The van der Waals surface area contributed by atoms with Crippen LogP contribution in [0.4, 0.5) is 0 Å². The molecule has 0 radical (unpaired) electrons. The molecule has 82 valence electrons. The molecule has 1 nitrogen and oxygen atoms in total. The summed E-state index contributed by atoms with van der Waals surface area (Å²) in [6.07, 6.45) is 5.97. The molecule has 2 fully saturated rings. The zero-order valence-electron chi connectivity index (χ0n) is 9.52. The van der Waals surface area contributed by atoms with Crippen LogP contribution >= 0.6 is 0 Å². The van der Waals surface area contributed by atoms with Crippen molar-refractivity contribution in [3.8, 4) is 6.07 Å². The van der Waals surface area contributed by atoms with Crippen LogP contribution < -0.4 is 0 Å². The SMILES string of the molecule is N#CC12CCCC1C(c1ccccc1)CC2. The van der Waals surface area contributed by atoms with Crippen LogP contribution in [-0.2, 0) is 0 Å². The molecule has 0 spiro atoms. The second-order valence-corrected chi connectivity index (χ2v) is 5.32. The summed E-state index contributed by atoms with van der Waals surface area (Å²) >= 11 is 0. The predicted octanol–water partition coefficient (Wildman–Crippen LogP) is 3.87. The normalized spacial score (nSPS) is 36.9. The van der Waals surface area contributed by atoms with Gasteiger partial charge < -0.3 is 0 Å². The van der Waals surface area contributed by atoms with Gasteiger partial charge in [-0.25, -0.2) is 0 Å². The van der Waals surface area contributed by atoms with Gasteiger partial charge in [0.15, 0.2) is 0 Å². The number of fused-ring (bicyclic) bond motifs is 1. The third-order valence-electron chi connectivity index (χ3n) is 4.69. The Morgan fingerprint density at radius 3 is 2.69 bits per heavy atom. The van der Waals surface area contributed by atoms with E-state index < -0.39 is 0 Å². The monoisotopic (exact) mass is 211 g/mol. The number of nitrogens with zero attached hydrogens (tertiary/aromatic N) is 1. The molecule has 0 bridgehead atoms. The summed E-state index contributed by atoms with van der Waals surface area (Å²) in [7, 11) is 0. The summed E-state index contributed by atoms with van der Waals surface area (Å²) in [5.41, 5.74) is 1.48. The Kier molecular flexibility index (Phi) is 2.24. The van der Waals surface area contributed by atoms with Crippen LogP contribution in [0.5, 0.6) is 0 Å². The minimum Gasteiger partial charge on any atom is -0.198 e. The lowest BCUT2D eigenvalue weighted by Crippen LogP contribution is -2.19. The van der Waals surface area contributed by atoms with Crippen LogP contribution in [0.1, 0.15) is 43.6 Å². The number of rotatable bonds is 1. The fourth-order valence-electron chi connectivity index (χ4n) is 3.90. The highest BCUT2D eigenvalue weighted by molar-refractivity contribution is 5.26. The minimum atomic E-state index is 0.0283. The molecule has 3 unspecified atom stereocenters. The third-order valence-corrected chi connectivity index (χ3v) is 4.69. The van der Waals surface area contributed by atoms with E-state index in [1.807, 2.05) is 0 Å². The third kappa shape index (κ3) is 1.29. The highest BCUT2D eigenvalue weighted by Gasteiger charge is 2.51. The van der Waals surface area contributed by atoms with Crippen molar-refractivity contribution in [3.05, 3.63) is 35.9 Å². The van der Waals surface area contributed by atoms with E-state index in [1.165, 1.54) is 24.8 Å². The summed E-state index contributed by atoms with van der Waals surface area (Å²) in [4.78, 5) is 0. The lowest BCUT2D eigenvalue weighted by atomic mass is 9.78. The fraction of sp³-hybridized carbons (Fsp3) is 0.533. The van der Waals surface area contributed by atoms with E-state index in [0.29, 0.717) is 11.8 Å². The van der Waals surface area contributed by atoms with Crippen molar-refractivity contribution in [1.29, 1.82) is 5.26 Å². The predicted molar refractivity (Wildman–Crippen MR) is 63.8 cm³/mol. The van der Waals surface area contributed by atoms with Gasteiger partial charge in [-0.05, 0) is 43.1 Å². The molecular weight excluding hydrogens is 194 g/mol. The Balaban J connectivity index is 1.93. The molecule has 0 aromatic heterocycles. The maximum Gasteiger partial charge on any atom is 0.0692 e. The molecule has 3 rings (SSSR count). The first kappa shape index (κ1) is 9.90. The van der Waals surface area contributed by atoms with Gasteiger partial charge in [0.2, 0.25) is 0 Å². The highest BCUT2D eigenvalue weighted by atomic mass is 14.6. The van der Waals surface area contributed by atoms with E-state index in [-0.39, 0.29) is 5.41 Å². The first-order valence-electron chi connectivity index (χ1n) is 6.32. The van der Waals surface area contributed by atoms with Crippen molar-refractivity contribution in [3.63, 3.8) is 0 Å². The van der Waals surface area contributed by atoms with Gasteiger partial charge in [-0.2, -0.15) is 5.26 Å². The van der Waals surface area contributed by atoms with Gasteiger partial charge in [0, 0.05) is 0 Å². The molecule has 1 aromatic carbocycles. The molecule has 2 saturated carbocycles. The second kappa shape index (κ2) is 3.63. The van der Waals surface area contributed by atoms with Gasteiger partial charge in [0.25, 0.3) is 0 Å². The molecule has 2 aliphatic carbocycles. The maximum atomic E-state index is 9.44. The minimum absolute atomic E-state index is 0.0283. The Bertz CT molecular complexity index is 417. The van der Waals surface area contributed by atoms with Crippen LogP contribution in [0.3, 0.4) is 0 Å². The summed E-state index contributed by atoms with van der Waals surface area (Å²) in [6, 6.07) is 13.4. The van der Waals surface area contributed by atoms with Crippen molar-refractivity contribution < 1.29 is 0 Å². The second-order valence-electron chi connectivity index (χ2n) is 5.32. The van der Waals surface area contributed by atoms with Crippen LogP contribution in [0.2, 0.25) is 0 Å². The van der Waals surface area contributed by atoms with E-state index in [1.54, 1.807) is 0 Å². The van der Waals surface area contributed by atoms with Crippen molar-refractivity contribution >= 4 is 0 Å². The molecule has 3 atom stereocenters. The van der Waals surface area contributed by atoms with E-state index in [2.05, 4.69) is 36.4 Å². The van der Waals surface area contributed by atoms with Gasteiger partial charge >= 0.3 is 0 Å². The Labute approximate surface area is 97.1 Å². The van der Waals surface area contributed by atoms with Crippen molar-refractivity contribution in [2.75, 3.05) is 0 Å². The van der Waals surface area contributed by atoms with Gasteiger partial charge in [0.1, 0.15) is 0 Å². The van der Waals surface area contributed by atoms with Crippen LogP contribution in [0, 0.1) is 22.7 Å². The Morgan fingerprint density at radius 1 is 1.12 bits per heavy atom. The molecule has 16 heavy (non-hydrogen) atoms. The van der Waals surface area contributed by atoms with Crippen molar-refractivity contribution in [2.45, 2.75) is 38.0 Å². The Hall–Kier alpha value is -1.29. The zero-order chi connectivity index (χ0) is 11.0. The van der Waals surface area contributed by atoms with Gasteiger partial charge in [-0.3, -0.25) is 0 Å². The molecule has 1 heteroatoms. The lowest BCUT2D eigenvalue weighted by Gasteiger charge is -2.24. The molecule has 0 heterocycles. The Morgan fingerprint density at radius 2 is 1.94 bits per heavy atom. The molecule has 0 aliphatic heterocycles. The standard InChI is InChI=1S/C15H17N/c16-11-15-9-4-7-14(15)13(8-10-15)12-5-2-1-3-6-12/h1-3,5-6,13-14H,4,7-10H2. The van der Waals surface area contributed by atoms with Gasteiger partial charge in [-0.15, -0.1) is 0 Å². The zero-order valence-corrected chi connectivity index (χ0v) is 9.52. The van der Waals surface area contributed by atoms with E-state index in [0.717, 1.165) is 12.8 Å². The number of hydrogen-bond acceptors (Lipinski definition) is 1. The molecular formula is C15H17N. The van der Waals surface area contributed by atoms with E-state index in [4.69, 9.17) is 0 Å². The molecule has 0 saturated heterocycles. The summed E-state index contributed by atoms with van der Waals surface area (Å²) in [6.45, 7) is 0. The summed E-state index contributed by atoms with van der Waals surface area (Å²) in [5.74, 6) is 1.27. The largest absolute Gasteiger partial charge is 0.198 e. The average Bonchev–Trinajstić information content (AvgIpc) is 2.88. The van der Waals surface area contributed by atoms with E-state index >= 15 is 0 Å². The van der Waals surface area contributed by atoms with Gasteiger partial charge in [0.05, 0.1) is 11.5 Å². The molecule has 2 aliphatic rings. The van der Waals surface area contributed by atoms with Crippen molar-refractivity contribution in [2.24, 2.45) is 11.3 Å². The number of hydrogen-bond donors (Lipinski definition) is 0. The quantitative estimate of drug-likeness (QED) is 0.691. The first-order chi connectivity index (χ1) is 7.86. The van der Waals surface area contributed by atoms with E-state index in [9.17, 15) is 5.26 Å². The number of nitriles is 1. The van der Waals surface area contributed by atoms with Crippen molar-refractivity contribution in [1.82, 2.24) is 0 Å². The summed E-state index contributed by atoms with van der Waals surface area (Å²) < 4.78 is 0. The molecule has 0 N–H and O–H groups in total. The maximum absolute atomic E-state index is 9.44. The van der Waals surface area contributed by atoms with Crippen LogP contribution in [0.25, 0.3) is 0 Å². The van der Waals surface area contributed by atoms with Crippen LogP contribution in [-0.4, -0.2) is 0 Å². The molecule has 0 amide bonds. The smallest absolute Gasteiger partial charge is 0.0692 e. The first-order valence-corrected chi connectivity index (χ1v) is 6.32. The topological polar surface area (TPSA) is 23.8 Å². The van der Waals surface area contributed by atoms with Crippen LogP contribution in [0.15, 0.2) is 30.3 Å². The average molecular weight is 211 g/mol. The fourth-order valence-corrected chi connectivity index (χ4v) is 3.90. The summed E-state index contributed by atoms with van der Waals surface area (Å²) in [5, 5.41) is 9.44. The molecule has 1 aromatic rings. The lowest BCUT2D eigenvalue weighted by molar-refractivity contribution is 0.324.